The van der Waals surface area contributed by atoms with Crippen molar-refractivity contribution in [3.8, 4) is 18.2 Å². The number of carbonyl (C=O) groups is 5. The molecular formula is C113H118F5N13O5. The zero-order valence-electron chi connectivity index (χ0n) is 80.6. The van der Waals surface area contributed by atoms with E-state index in [9.17, 15) is 61.7 Å². The van der Waals surface area contributed by atoms with Crippen molar-refractivity contribution < 1.29 is 45.9 Å². The van der Waals surface area contributed by atoms with Crippen molar-refractivity contribution in [2.45, 2.75) is 290 Å². The third-order valence-corrected chi connectivity index (χ3v) is 31.7. The van der Waals surface area contributed by atoms with Crippen molar-refractivity contribution in [3.63, 3.8) is 0 Å². The number of nitrogens with one attached hydrogen (secondary N) is 5. The van der Waals surface area contributed by atoms with Gasteiger partial charge in [-0.2, -0.15) is 40.6 Å². The summed E-state index contributed by atoms with van der Waals surface area (Å²) in [5, 5.41) is 64.9. The minimum Gasteiger partial charge on any atom is -0.294 e. The number of aromatic amines is 5. The lowest BCUT2D eigenvalue weighted by Crippen LogP contribution is -2.42. The van der Waals surface area contributed by atoms with Gasteiger partial charge in [-0.1, -0.05) is 201 Å². The SMILES string of the molecule is CC1(C)CC(=O)C2=C(Cc3[nH]nc(C4CC(F)(F)C4)c3C2(C)c2cccc(C#N)c2)C1.CC1(C)CC(=O)C2=C(Cc3[nH]nc(F)c3C2(C)c2cccc(C#N)c2)C1.CC1(C)CC(=O)C2=C(Cc3[nH]ncc3[C@@]2(C)c2cccc(C#N)c2)C1.CC[C@]1(c2ccccc2)C2=C(Cc3[nH]ncc31)CC(C)(C)CC2=O.Cc1cccc(C2(C)C3=C(Cc4[nH]nc(C5CC(F)(F)C5)c42)CC(C)(C)CC3=O)c1. The number of hydrogen-bond donors (Lipinski definition) is 5. The van der Waals surface area contributed by atoms with Crippen LogP contribution >= 0.6 is 0 Å². The van der Waals surface area contributed by atoms with E-state index in [0.717, 1.165) is 158 Å². The van der Waals surface area contributed by atoms with Gasteiger partial charge >= 0.3 is 0 Å². The number of Topliss-reactive ketones (excluding diaryl/α,β-unsaturated/α-hetero) is 5. The molecule has 5 aromatic carbocycles. The second-order valence-corrected chi connectivity index (χ2v) is 45.3. The second-order valence-electron chi connectivity index (χ2n) is 45.3. The number of fused-ring (bicyclic) bond motifs is 5. The van der Waals surface area contributed by atoms with Crippen LogP contribution in [0.25, 0.3) is 0 Å². The van der Waals surface area contributed by atoms with Crippen molar-refractivity contribution in [2.24, 2.45) is 27.1 Å². The van der Waals surface area contributed by atoms with Gasteiger partial charge in [-0.05, 0) is 164 Å². The van der Waals surface area contributed by atoms with E-state index < -0.39 is 39.5 Å². The number of halogens is 5. The number of H-pyrrole nitrogens is 5. The molecule has 136 heavy (non-hydrogen) atoms. The summed E-state index contributed by atoms with van der Waals surface area (Å²) in [4.78, 5) is 66.6. The number of ketones is 5. The van der Waals surface area contributed by atoms with E-state index in [0.29, 0.717) is 90.7 Å². The highest BCUT2D eigenvalue weighted by molar-refractivity contribution is 6.05. The molecule has 23 heteroatoms. The maximum absolute atomic E-state index is 14.7. The van der Waals surface area contributed by atoms with Crippen LogP contribution in [0.2, 0.25) is 0 Å². The first kappa shape index (κ1) is 93.7. The highest BCUT2D eigenvalue weighted by Gasteiger charge is 2.59. The molecule has 18 nitrogen and oxygen atoms in total. The lowest BCUT2D eigenvalue weighted by atomic mass is 9.57. The van der Waals surface area contributed by atoms with E-state index in [1.165, 1.54) is 33.5 Å². The molecule has 2 saturated carbocycles. The first-order valence-corrected chi connectivity index (χ1v) is 47.8. The number of hydrogen-bond acceptors (Lipinski definition) is 13. The Labute approximate surface area is 791 Å². The van der Waals surface area contributed by atoms with Crippen LogP contribution in [0.3, 0.4) is 0 Å². The molecule has 3 unspecified atom stereocenters. The fourth-order valence-corrected chi connectivity index (χ4v) is 26.3. The van der Waals surface area contributed by atoms with E-state index >= 15 is 0 Å². The molecule has 12 aliphatic rings. The maximum Gasteiger partial charge on any atom is 0.249 e. The Kier molecular flexibility index (Phi) is 23.0. The molecule has 5 atom stereocenters. The van der Waals surface area contributed by atoms with Crippen LogP contribution in [0, 0.1) is 73.9 Å². The molecule has 10 aromatic rings. The van der Waals surface area contributed by atoms with Crippen LogP contribution in [0.5, 0.6) is 0 Å². The minimum absolute atomic E-state index is 0.0111. The van der Waals surface area contributed by atoms with Crippen molar-refractivity contribution in [1.82, 2.24) is 51.0 Å². The summed E-state index contributed by atoms with van der Waals surface area (Å²) in [6.45, 7) is 33.7. The van der Waals surface area contributed by atoms with Crippen LogP contribution in [0.1, 0.15) is 330 Å². The Bertz CT molecular complexity index is 6970. The first-order valence-electron chi connectivity index (χ1n) is 47.8. The zero-order valence-corrected chi connectivity index (χ0v) is 80.6. The van der Waals surface area contributed by atoms with Gasteiger partial charge in [0, 0.05) is 202 Å². The number of aromatic nitrogens is 10. The fraction of sp³-hybridized carbons (Fsp3) is 0.442. The van der Waals surface area contributed by atoms with Crippen molar-refractivity contribution in [1.29, 1.82) is 15.8 Å². The number of aryl methyl sites for hydroxylation is 1. The average Bonchev–Trinajstić information content (AvgIpc) is 1.42. The molecule has 5 N–H and O–H groups in total. The lowest BCUT2D eigenvalue weighted by Gasteiger charge is -2.45. The van der Waals surface area contributed by atoms with E-state index in [1.807, 2.05) is 93.8 Å². The monoisotopic (exact) mass is 1830 g/mol. The number of benzene rings is 5. The predicted octanol–water partition coefficient (Wildman–Crippen LogP) is 23.3. The van der Waals surface area contributed by atoms with Crippen molar-refractivity contribution in [3.05, 3.63) is 319 Å². The summed E-state index contributed by atoms with van der Waals surface area (Å²) < 4.78 is 69.5. The molecule has 22 rings (SSSR count). The Morgan fingerprint density at radius 3 is 1.04 bits per heavy atom. The van der Waals surface area contributed by atoms with Gasteiger partial charge in [0.1, 0.15) is 0 Å². The van der Waals surface area contributed by atoms with Crippen molar-refractivity contribution in [2.75, 3.05) is 0 Å². The number of nitriles is 3. The molecule has 2 fully saturated rings. The molecule has 0 saturated heterocycles. The summed E-state index contributed by atoms with van der Waals surface area (Å²) in [7, 11) is 0. The molecule has 0 aliphatic heterocycles. The summed E-state index contributed by atoms with van der Waals surface area (Å²) >= 11 is 0. The predicted molar refractivity (Wildman–Crippen MR) is 508 cm³/mol. The van der Waals surface area contributed by atoms with Gasteiger partial charge in [0.05, 0.1) is 69.5 Å². The van der Waals surface area contributed by atoms with Crippen molar-refractivity contribution >= 4 is 28.9 Å². The number of rotatable bonds is 8. The minimum atomic E-state index is -2.66. The molecule has 700 valence electrons. The van der Waals surface area contributed by atoms with E-state index in [1.54, 1.807) is 30.3 Å². The molecule has 12 aliphatic carbocycles. The maximum atomic E-state index is 14.7. The number of alkyl halides is 4. The van der Waals surface area contributed by atoms with Crippen LogP contribution in [0.4, 0.5) is 22.0 Å². The van der Waals surface area contributed by atoms with E-state index in [4.69, 9.17) is 0 Å². The van der Waals surface area contributed by atoms with Gasteiger partial charge in [-0.3, -0.25) is 49.5 Å². The largest absolute Gasteiger partial charge is 0.294 e. The third kappa shape index (κ3) is 16.0. The Morgan fingerprint density at radius 1 is 0.353 bits per heavy atom. The Balaban J connectivity index is 0.000000114. The topological polar surface area (TPSA) is 300 Å². The van der Waals surface area contributed by atoms with Crippen LogP contribution < -0.4 is 0 Å². The number of allylic oxidation sites excluding steroid dienone is 10. The number of nitrogens with zero attached hydrogens (tertiary/aromatic N) is 8. The zero-order chi connectivity index (χ0) is 97.1. The van der Waals surface area contributed by atoms with E-state index in [-0.39, 0.29) is 93.1 Å². The molecule has 5 heterocycles. The Hall–Kier alpha value is -12.7. The quantitative estimate of drug-likeness (QED) is 0.0885. The van der Waals surface area contributed by atoms with Gasteiger partial charge in [0.15, 0.2) is 28.9 Å². The summed E-state index contributed by atoms with van der Waals surface area (Å²) in [6.07, 6.45) is 14.2. The summed E-state index contributed by atoms with van der Waals surface area (Å²) in [5.41, 5.74) is 24.7. The van der Waals surface area contributed by atoms with Crippen LogP contribution in [-0.2, 0) is 83.2 Å². The molecule has 0 bridgehead atoms. The lowest BCUT2D eigenvalue weighted by molar-refractivity contribution is -0.119. The highest BCUT2D eigenvalue weighted by Crippen LogP contribution is 2.62. The summed E-state index contributed by atoms with van der Waals surface area (Å²) in [5.74, 6) is -5.54. The molecule has 0 spiro atoms. The molecule has 5 aromatic heterocycles. The van der Waals surface area contributed by atoms with Crippen LogP contribution in [0.15, 0.2) is 196 Å². The molecule has 0 radical (unpaired) electrons. The number of carbonyl (C=O) groups excluding carboxylic acids is 5. The highest BCUT2D eigenvalue weighted by atomic mass is 19.3. The molecule has 0 amide bonds. The normalized spacial score (nSPS) is 25.7. The van der Waals surface area contributed by atoms with Crippen LogP contribution in [-0.4, -0.2) is 91.7 Å². The van der Waals surface area contributed by atoms with Gasteiger partial charge < -0.3 is 0 Å². The fourth-order valence-electron chi connectivity index (χ4n) is 26.3. The molecular weight excluding hydrogens is 1710 g/mol. The third-order valence-electron chi connectivity index (χ3n) is 31.7. The first-order chi connectivity index (χ1) is 64.1. The van der Waals surface area contributed by atoms with Gasteiger partial charge in [0.25, 0.3) is 0 Å². The van der Waals surface area contributed by atoms with Gasteiger partial charge in [-0.15, -0.1) is 5.10 Å². The van der Waals surface area contributed by atoms with E-state index in [2.05, 4.69) is 196 Å². The van der Waals surface area contributed by atoms with Gasteiger partial charge in [-0.25, -0.2) is 17.6 Å². The second kappa shape index (κ2) is 33.4. The standard InChI is InChI=1S/C25H25F2N3O.C25H28F2N2O.C21H20FN3O.C21H21N3O.C21H24N2O/c1-23(2)9-15-8-18-21(22(30-29-18)16-10-25(26,27)11-16)24(3,20(15)19(31)12-23)17-6-4-5-14(7-17)13-28;1-14-6-5-7-17(8-14)24(4)20-15(10-23(2,3)13-19(20)30)9-18-21(24)22(29-28-18)16-11-25(26,27)12-16;1-20(2)9-13-8-15-18(19(22)25-24-15)21(3,17(13)16(26)10-20)14-6-4-5-12(7-14)11-23;1-20(2)9-14-8-17-16(12-23-24-17)21(3,19(14)18(25)10-20)15-6-4-5-13(7-15)11-22;1-4-21(15-8-6-5-7-9-15)16-13-22-23-17(16)10-14-11-20(2,3)12-18(24)19(14)21/h4-7,16H,8-12H2,1-3H3,(H,29,30);5-8,16H,9-13H2,1-4H3,(H,28,29);4-7H,8-10H2,1-3H3,(H,24,25);4-7,12H,8-10H2,1-3H3,(H,23,24);5-9,13H,4,10-12H2,1-3H3,(H,22,23)/t;;;2*21-/m...11/s1. The Morgan fingerprint density at radius 2 is 0.662 bits per heavy atom. The average molecular weight is 1830 g/mol. The summed E-state index contributed by atoms with van der Waals surface area (Å²) in [6, 6.07) is 47.3. The smallest absolute Gasteiger partial charge is 0.249 e. The van der Waals surface area contributed by atoms with Gasteiger partial charge in [0.2, 0.25) is 17.8 Å².